The van der Waals surface area contributed by atoms with Gasteiger partial charge in [0.25, 0.3) is 0 Å². The number of ether oxygens (including phenoxy) is 2. The molecule has 0 fully saturated rings. The zero-order valence-corrected chi connectivity index (χ0v) is 11.1. The van der Waals surface area contributed by atoms with Gasteiger partial charge in [-0.05, 0) is 26.0 Å². The molecule has 1 rings (SSSR count). The lowest BCUT2D eigenvalue weighted by molar-refractivity contribution is 0.183. The van der Waals surface area contributed by atoms with Crippen LogP contribution in [0.25, 0.3) is 0 Å². The number of hydrogen-bond acceptors (Lipinski definition) is 4. The fourth-order valence-electron chi connectivity index (χ4n) is 1.63. The van der Waals surface area contributed by atoms with Gasteiger partial charge >= 0.3 is 0 Å². The maximum absolute atomic E-state index is 5.84. The van der Waals surface area contributed by atoms with E-state index in [1.54, 1.807) is 7.11 Å². The summed E-state index contributed by atoms with van der Waals surface area (Å²) in [6, 6.07) is 6.13. The minimum absolute atomic E-state index is 0.304. The molecule has 1 aromatic carbocycles. The first-order valence-electron chi connectivity index (χ1n) is 5.84. The van der Waals surface area contributed by atoms with Crippen LogP contribution in [0.2, 0.25) is 0 Å². The third-order valence-electron chi connectivity index (χ3n) is 2.77. The SMILES string of the molecule is CCOc1cc(N(C)C(C)COC)ccc1N. The van der Waals surface area contributed by atoms with Gasteiger partial charge in [0.05, 0.1) is 18.9 Å². The number of rotatable bonds is 6. The summed E-state index contributed by atoms with van der Waals surface area (Å²) in [7, 11) is 3.74. The van der Waals surface area contributed by atoms with E-state index in [-0.39, 0.29) is 0 Å². The predicted molar refractivity (Wildman–Crippen MR) is 71.8 cm³/mol. The van der Waals surface area contributed by atoms with Crippen LogP contribution >= 0.6 is 0 Å². The van der Waals surface area contributed by atoms with Crippen LogP contribution in [0, 0.1) is 0 Å². The minimum Gasteiger partial charge on any atom is -0.492 e. The molecule has 1 aromatic rings. The first-order valence-corrected chi connectivity index (χ1v) is 5.84. The van der Waals surface area contributed by atoms with E-state index < -0.39 is 0 Å². The number of likely N-dealkylation sites (N-methyl/N-ethyl adjacent to an activating group) is 1. The molecule has 0 aliphatic rings. The Labute approximate surface area is 103 Å². The van der Waals surface area contributed by atoms with Gasteiger partial charge < -0.3 is 20.1 Å². The number of anilines is 2. The quantitative estimate of drug-likeness (QED) is 0.771. The molecule has 0 aliphatic heterocycles. The molecule has 4 nitrogen and oxygen atoms in total. The van der Waals surface area contributed by atoms with Gasteiger partial charge in [-0.15, -0.1) is 0 Å². The van der Waals surface area contributed by atoms with Crippen LogP contribution in [0.4, 0.5) is 11.4 Å². The van der Waals surface area contributed by atoms with E-state index in [9.17, 15) is 0 Å². The van der Waals surface area contributed by atoms with E-state index in [0.29, 0.717) is 24.9 Å². The molecular formula is C13H22N2O2. The van der Waals surface area contributed by atoms with E-state index >= 15 is 0 Å². The van der Waals surface area contributed by atoms with Crippen molar-refractivity contribution in [2.24, 2.45) is 0 Å². The highest BCUT2D eigenvalue weighted by molar-refractivity contribution is 5.62. The normalized spacial score (nSPS) is 12.2. The Morgan fingerprint density at radius 3 is 2.71 bits per heavy atom. The second-order valence-corrected chi connectivity index (χ2v) is 4.07. The van der Waals surface area contributed by atoms with Crippen LogP contribution in [0.5, 0.6) is 5.75 Å². The molecule has 0 saturated heterocycles. The van der Waals surface area contributed by atoms with Crippen LogP contribution in [0.3, 0.4) is 0 Å². The van der Waals surface area contributed by atoms with E-state index in [1.165, 1.54) is 0 Å². The average Bonchev–Trinajstić information content (AvgIpc) is 2.31. The molecule has 17 heavy (non-hydrogen) atoms. The highest BCUT2D eigenvalue weighted by Gasteiger charge is 2.11. The second kappa shape index (κ2) is 6.35. The highest BCUT2D eigenvalue weighted by Crippen LogP contribution is 2.28. The monoisotopic (exact) mass is 238 g/mol. The third kappa shape index (κ3) is 3.53. The van der Waals surface area contributed by atoms with Crippen molar-refractivity contribution in [3.63, 3.8) is 0 Å². The largest absolute Gasteiger partial charge is 0.492 e. The highest BCUT2D eigenvalue weighted by atomic mass is 16.5. The van der Waals surface area contributed by atoms with Gasteiger partial charge in [0.2, 0.25) is 0 Å². The van der Waals surface area contributed by atoms with Crippen molar-refractivity contribution in [3.8, 4) is 5.75 Å². The summed E-state index contributed by atoms with van der Waals surface area (Å²) in [5.74, 6) is 0.737. The predicted octanol–water partition coefficient (Wildman–Crippen LogP) is 2.14. The molecule has 0 amide bonds. The smallest absolute Gasteiger partial charge is 0.144 e. The van der Waals surface area contributed by atoms with Gasteiger partial charge in [0.15, 0.2) is 0 Å². The van der Waals surface area contributed by atoms with Gasteiger partial charge in [-0.2, -0.15) is 0 Å². The summed E-state index contributed by atoms with van der Waals surface area (Å²) < 4.78 is 10.6. The lowest BCUT2D eigenvalue weighted by Gasteiger charge is -2.27. The molecule has 1 atom stereocenters. The molecule has 0 bridgehead atoms. The molecule has 0 heterocycles. The van der Waals surface area contributed by atoms with Crippen molar-refractivity contribution in [3.05, 3.63) is 18.2 Å². The fraction of sp³-hybridized carbons (Fsp3) is 0.538. The van der Waals surface area contributed by atoms with Gasteiger partial charge in [-0.3, -0.25) is 0 Å². The van der Waals surface area contributed by atoms with Crippen molar-refractivity contribution in [1.29, 1.82) is 0 Å². The summed E-state index contributed by atoms with van der Waals surface area (Å²) >= 11 is 0. The van der Waals surface area contributed by atoms with E-state index in [2.05, 4.69) is 11.8 Å². The average molecular weight is 238 g/mol. The summed E-state index contributed by atoms with van der Waals surface area (Å²) in [5.41, 5.74) is 7.59. The summed E-state index contributed by atoms with van der Waals surface area (Å²) in [5, 5.41) is 0. The van der Waals surface area contributed by atoms with Crippen LogP contribution in [0.1, 0.15) is 13.8 Å². The number of nitrogens with zero attached hydrogens (tertiary/aromatic N) is 1. The van der Waals surface area contributed by atoms with Crippen molar-refractivity contribution in [1.82, 2.24) is 0 Å². The van der Waals surface area contributed by atoms with Crippen molar-refractivity contribution >= 4 is 11.4 Å². The van der Waals surface area contributed by atoms with Crippen molar-refractivity contribution < 1.29 is 9.47 Å². The second-order valence-electron chi connectivity index (χ2n) is 4.07. The Kier molecular flexibility index (Phi) is 5.10. The lowest BCUT2D eigenvalue weighted by Crippen LogP contribution is -2.32. The molecular weight excluding hydrogens is 216 g/mol. The van der Waals surface area contributed by atoms with Gasteiger partial charge in [-0.1, -0.05) is 0 Å². The summed E-state index contributed by atoms with van der Waals surface area (Å²) in [6.45, 7) is 5.36. The Balaban J connectivity index is 2.86. The molecule has 2 N–H and O–H groups in total. The molecule has 96 valence electrons. The molecule has 1 unspecified atom stereocenters. The zero-order chi connectivity index (χ0) is 12.8. The summed E-state index contributed by atoms with van der Waals surface area (Å²) in [6.07, 6.45) is 0. The van der Waals surface area contributed by atoms with Crippen LogP contribution in [-0.2, 0) is 4.74 Å². The Morgan fingerprint density at radius 2 is 2.12 bits per heavy atom. The maximum Gasteiger partial charge on any atom is 0.144 e. The topological polar surface area (TPSA) is 47.7 Å². The van der Waals surface area contributed by atoms with Crippen molar-refractivity contribution in [2.45, 2.75) is 19.9 Å². The van der Waals surface area contributed by atoms with Crippen LogP contribution in [0.15, 0.2) is 18.2 Å². The summed E-state index contributed by atoms with van der Waals surface area (Å²) in [4.78, 5) is 2.14. The minimum atomic E-state index is 0.304. The third-order valence-corrected chi connectivity index (χ3v) is 2.77. The molecule has 4 heteroatoms. The molecule has 0 aromatic heterocycles. The first kappa shape index (κ1) is 13.6. The zero-order valence-electron chi connectivity index (χ0n) is 11.1. The van der Waals surface area contributed by atoms with Crippen LogP contribution in [-0.4, -0.2) is 33.4 Å². The standard InChI is InChI=1S/C13H22N2O2/c1-5-17-13-8-11(6-7-12(13)14)15(3)10(2)9-16-4/h6-8,10H,5,9,14H2,1-4H3. The van der Waals surface area contributed by atoms with E-state index in [0.717, 1.165) is 11.4 Å². The first-order chi connectivity index (χ1) is 8.10. The lowest BCUT2D eigenvalue weighted by atomic mass is 10.2. The molecule has 0 spiro atoms. The number of nitrogen functional groups attached to an aromatic ring is 1. The number of benzene rings is 1. The molecule has 0 aliphatic carbocycles. The van der Waals surface area contributed by atoms with Crippen molar-refractivity contribution in [2.75, 3.05) is 38.0 Å². The number of methoxy groups -OCH3 is 1. The Bertz CT molecular complexity index is 355. The van der Waals surface area contributed by atoms with Gasteiger partial charge in [0, 0.05) is 32.0 Å². The number of nitrogens with two attached hydrogens (primary N) is 1. The molecule has 0 radical (unpaired) electrons. The number of hydrogen-bond donors (Lipinski definition) is 1. The van der Waals surface area contributed by atoms with Gasteiger partial charge in [-0.25, -0.2) is 0 Å². The van der Waals surface area contributed by atoms with E-state index in [1.807, 2.05) is 32.2 Å². The molecule has 0 saturated carbocycles. The van der Waals surface area contributed by atoms with E-state index in [4.69, 9.17) is 15.2 Å². The maximum atomic E-state index is 5.84. The van der Waals surface area contributed by atoms with Gasteiger partial charge in [0.1, 0.15) is 5.75 Å². The van der Waals surface area contributed by atoms with Crippen LogP contribution < -0.4 is 15.4 Å². The Morgan fingerprint density at radius 1 is 1.41 bits per heavy atom. The fourth-order valence-corrected chi connectivity index (χ4v) is 1.63. The Hall–Kier alpha value is -1.42.